The second kappa shape index (κ2) is 27.7. The topological polar surface area (TPSA) is 209 Å². The molecule has 2 saturated carbocycles. The summed E-state index contributed by atoms with van der Waals surface area (Å²) < 4.78 is 105. The second-order valence-electron chi connectivity index (χ2n) is 20.4. The number of ether oxygens (including phenoxy) is 2. The molecule has 0 amide bonds. The number of halogens is 5. The maximum absolute atomic E-state index is 15.2. The Morgan fingerprint density at radius 2 is 1.01 bits per heavy atom. The van der Waals surface area contributed by atoms with E-state index in [1.807, 2.05) is 12.1 Å². The fourth-order valence-electron chi connectivity index (χ4n) is 9.84. The second-order valence-corrected chi connectivity index (χ2v) is 25.1. The molecular formula is C59H67Cl2F3N10O6S2. The monoisotopic (exact) mass is 1200 g/mol. The summed E-state index contributed by atoms with van der Waals surface area (Å²) in [4.78, 5) is 29.1. The van der Waals surface area contributed by atoms with Crippen molar-refractivity contribution < 1.29 is 39.5 Å². The zero-order chi connectivity index (χ0) is 58.2. The van der Waals surface area contributed by atoms with Gasteiger partial charge in [0, 0.05) is 58.5 Å². The molecule has 0 aliphatic heterocycles. The normalized spacial score (nSPS) is 17.3. The lowest BCUT2D eigenvalue weighted by Crippen LogP contribution is -2.36. The minimum Gasteiger partial charge on any atom is -0.481 e. The Morgan fingerprint density at radius 1 is 0.585 bits per heavy atom. The maximum atomic E-state index is 15.2. The van der Waals surface area contributed by atoms with E-state index in [9.17, 15) is 25.6 Å². The van der Waals surface area contributed by atoms with Gasteiger partial charge >= 0.3 is 6.08 Å². The van der Waals surface area contributed by atoms with Crippen molar-refractivity contribution in [3.63, 3.8) is 0 Å². The van der Waals surface area contributed by atoms with E-state index >= 15 is 4.39 Å². The molecule has 0 atom stereocenters. The fraction of sp³-hybridized carbons (Fsp3) is 0.356. The molecule has 0 unspecified atom stereocenters. The third-order valence-electron chi connectivity index (χ3n) is 14.4. The summed E-state index contributed by atoms with van der Waals surface area (Å²) in [6.07, 6.45) is 11.6. The van der Waals surface area contributed by atoms with Crippen LogP contribution in [0.2, 0.25) is 10.0 Å². The van der Waals surface area contributed by atoms with Crippen LogP contribution in [-0.4, -0.2) is 123 Å². The standard InChI is InChI=1S/C29H31ClFN5O3S.C21H14ClF2N3O3S.C8H18N2.CH4/c1-36(2)21-11-9-20(10-12-21)33-29-32-16-19-14-18(8-13-25(19)35-29)22-15-24(31)26(34-28(22)39-3)17-40(37,38)27-7-5-4-6-23(27)30;1-30-20-14(12-6-7-17-13(8-12)10-25-21(24)27-17)9-16(23)18(26-20)11-31(28,29)19-5-3-2-4-15(19)22;1-10(2)8-5-3-7(9)4-6-8;/h4-8,13-16,20-21H,9-12,17H2,1-3H3,(H,32,33,35);2-10H,11H2,1H3;7-8H,3-6,9H2,1-2H3;1H4. The first-order valence-corrected chi connectivity index (χ1v) is 30.1. The molecule has 0 spiro atoms. The van der Waals surface area contributed by atoms with Crippen molar-refractivity contribution >= 4 is 70.6 Å². The molecule has 10 rings (SSSR count). The number of nitrogens with one attached hydrogen (secondary N) is 1. The minimum absolute atomic E-state index is 0. The Kier molecular flexibility index (Phi) is 21.2. The first-order valence-electron chi connectivity index (χ1n) is 26.1. The average Bonchev–Trinajstić information content (AvgIpc) is 3.59. The van der Waals surface area contributed by atoms with E-state index in [1.54, 1.807) is 48.7 Å². The van der Waals surface area contributed by atoms with Gasteiger partial charge in [-0.15, -0.1) is 0 Å². The zero-order valence-corrected chi connectivity index (χ0v) is 48.7. The van der Waals surface area contributed by atoms with Crippen molar-refractivity contribution in [2.45, 2.75) is 104 Å². The molecule has 82 heavy (non-hydrogen) atoms. The molecular weight excluding hydrogens is 1140 g/mol. The maximum Gasteiger partial charge on any atom is 0.309 e. The molecule has 3 N–H and O–H groups in total. The third kappa shape index (κ3) is 15.5. The lowest BCUT2D eigenvalue weighted by molar-refractivity contribution is 0.217. The van der Waals surface area contributed by atoms with Crippen LogP contribution in [0.5, 0.6) is 11.8 Å². The van der Waals surface area contributed by atoms with Gasteiger partial charge in [-0.05, 0) is 151 Å². The number of hydrogen-bond donors (Lipinski definition) is 2. The number of aromatic nitrogens is 6. The van der Waals surface area contributed by atoms with Crippen molar-refractivity contribution in [1.29, 1.82) is 0 Å². The number of benzene rings is 4. The van der Waals surface area contributed by atoms with Gasteiger partial charge < -0.3 is 30.3 Å². The largest absolute Gasteiger partial charge is 0.481 e. The van der Waals surface area contributed by atoms with Crippen molar-refractivity contribution in [3.05, 3.63) is 149 Å². The zero-order valence-electron chi connectivity index (χ0n) is 45.6. The van der Waals surface area contributed by atoms with E-state index in [1.165, 1.54) is 82.5 Å². The van der Waals surface area contributed by atoms with E-state index in [-0.39, 0.29) is 50.4 Å². The van der Waals surface area contributed by atoms with Gasteiger partial charge in [0.2, 0.25) is 17.7 Å². The molecule has 4 aromatic carbocycles. The first kappa shape index (κ1) is 63.0. The predicted molar refractivity (Wildman–Crippen MR) is 317 cm³/mol. The molecule has 4 aromatic heterocycles. The highest BCUT2D eigenvalue weighted by atomic mass is 35.5. The number of rotatable bonds is 14. The molecule has 2 aliphatic carbocycles. The SMILES string of the molecule is C.CN(C)C1CCC(N)CC1.COc1nc(CS(=O)(=O)c2ccccc2Cl)c(F)cc1-c1ccc2nc(F)ncc2c1.COc1nc(CS(=O)(=O)c2ccccc2Cl)c(F)cc1-c1ccc2nc(NC3CCC(N(C)C)CC3)ncc2c1. The molecule has 4 heterocycles. The van der Waals surface area contributed by atoms with Crippen LogP contribution in [0, 0.1) is 17.7 Å². The molecule has 2 aliphatic rings. The number of anilines is 1. The summed E-state index contributed by atoms with van der Waals surface area (Å²) in [5.41, 5.74) is 8.21. The van der Waals surface area contributed by atoms with Crippen LogP contribution in [0.15, 0.2) is 119 Å². The van der Waals surface area contributed by atoms with Crippen molar-refractivity contribution in [3.8, 4) is 34.0 Å². The number of fused-ring (bicyclic) bond motifs is 2. The van der Waals surface area contributed by atoms with Crippen LogP contribution >= 0.6 is 23.2 Å². The van der Waals surface area contributed by atoms with Gasteiger partial charge in [0.05, 0.1) is 56.5 Å². The summed E-state index contributed by atoms with van der Waals surface area (Å²) in [6.45, 7) is 0. The summed E-state index contributed by atoms with van der Waals surface area (Å²) >= 11 is 12.1. The highest BCUT2D eigenvalue weighted by Gasteiger charge is 2.27. The van der Waals surface area contributed by atoms with Gasteiger partial charge in [0.1, 0.15) is 23.1 Å². The van der Waals surface area contributed by atoms with Crippen molar-refractivity contribution in [1.82, 2.24) is 39.7 Å². The highest BCUT2D eigenvalue weighted by molar-refractivity contribution is 7.91. The van der Waals surface area contributed by atoms with Crippen molar-refractivity contribution in [2.24, 2.45) is 5.73 Å². The van der Waals surface area contributed by atoms with Crippen LogP contribution in [0.1, 0.15) is 70.2 Å². The third-order valence-corrected chi connectivity index (χ3v) is 18.6. The van der Waals surface area contributed by atoms with Gasteiger partial charge in [0.25, 0.3) is 0 Å². The Morgan fingerprint density at radius 3 is 1.45 bits per heavy atom. The highest BCUT2D eigenvalue weighted by Crippen LogP contribution is 2.36. The fourth-order valence-corrected chi connectivity index (χ4v) is 13.6. The lowest BCUT2D eigenvalue weighted by atomic mass is 9.91. The van der Waals surface area contributed by atoms with E-state index in [2.05, 4.69) is 73.2 Å². The van der Waals surface area contributed by atoms with Gasteiger partial charge in [-0.1, -0.05) is 67.0 Å². The Bertz CT molecular complexity index is 3760. The molecule has 0 radical (unpaired) electrons. The predicted octanol–water partition coefficient (Wildman–Crippen LogP) is 11.8. The van der Waals surface area contributed by atoms with Gasteiger partial charge in [0.15, 0.2) is 19.7 Å². The summed E-state index contributed by atoms with van der Waals surface area (Å²) in [6, 6.07) is 26.9. The van der Waals surface area contributed by atoms with Crippen LogP contribution in [0.3, 0.4) is 0 Å². The van der Waals surface area contributed by atoms with Crippen LogP contribution in [0.25, 0.3) is 44.1 Å². The molecule has 2 fully saturated rings. The minimum atomic E-state index is -3.94. The van der Waals surface area contributed by atoms with Crippen LogP contribution in [-0.2, 0) is 31.2 Å². The molecule has 23 heteroatoms. The van der Waals surface area contributed by atoms with Gasteiger partial charge in [-0.3, -0.25) is 0 Å². The Labute approximate surface area is 487 Å². The molecule has 16 nitrogen and oxygen atoms in total. The Balaban J connectivity index is 0.000000204. The number of pyridine rings is 2. The lowest BCUT2D eigenvalue weighted by Gasteiger charge is -2.32. The van der Waals surface area contributed by atoms with Gasteiger partial charge in [-0.2, -0.15) is 4.39 Å². The molecule has 436 valence electrons. The van der Waals surface area contributed by atoms with Crippen LogP contribution < -0.4 is 20.5 Å². The quantitative estimate of drug-likeness (QED) is 0.0970. The van der Waals surface area contributed by atoms with E-state index in [0.717, 1.165) is 48.7 Å². The average molecular weight is 1200 g/mol. The van der Waals surface area contributed by atoms with E-state index in [4.69, 9.17) is 38.4 Å². The van der Waals surface area contributed by atoms with Crippen molar-refractivity contribution in [2.75, 3.05) is 47.7 Å². The number of methoxy groups -OCH3 is 2. The number of hydrogen-bond acceptors (Lipinski definition) is 16. The number of nitrogens with two attached hydrogens (primary N) is 1. The smallest absolute Gasteiger partial charge is 0.309 e. The Hall–Kier alpha value is -6.59. The molecule has 0 saturated heterocycles. The molecule has 0 bridgehead atoms. The van der Waals surface area contributed by atoms with Crippen LogP contribution in [0.4, 0.5) is 19.1 Å². The molecule has 8 aromatic rings. The number of nitrogens with zero attached hydrogens (tertiary/aromatic N) is 8. The first-order chi connectivity index (χ1) is 38.6. The van der Waals surface area contributed by atoms with Gasteiger partial charge in [-0.25, -0.2) is 55.5 Å². The van der Waals surface area contributed by atoms with E-state index in [0.29, 0.717) is 57.2 Å². The van der Waals surface area contributed by atoms with E-state index < -0.39 is 48.9 Å². The summed E-state index contributed by atoms with van der Waals surface area (Å²) in [5.74, 6) is -2.19. The number of sulfone groups is 2. The summed E-state index contributed by atoms with van der Waals surface area (Å²) in [7, 11) is 3.43. The summed E-state index contributed by atoms with van der Waals surface area (Å²) in [5, 5.41) is 4.88.